The highest BCUT2D eigenvalue weighted by Crippen LogP contribution is 2.27. The smallest absolute Gasteiger partial charge is 0.130 e. The SMILES string of the molecule is Cl.ClCCOc1cccc2c1cnn2Cc1ccccc1.NCCOc1cccc2c1cnn2Cc1ccccc1. The van der Waals surface area contributed by atoms with Crippen molar-refractivity contribution in [2.45, 2.75) is 13.1 Å². The number of halogens is 2. The van der Waals surface area contributed by atoms with Crippen LogP contribution >= 0.6 is 24.0 Å². The van der Waals surface area contributed by atoms with Gasteiger partial charge < -0.3 is 15.2 Å². The predicted octanol–water partition coefficient (Wildman–Crippen LogP) is 6.55. The van der Waals surface area contributed by atoms with Crippen molar-refractivity contribution >= 4 is 45.8 Å². The van der Waals surface area contributed by atoms with Crippen LogP contribution in [0.15, 0.2) is 109 Å². The number of benzene rings is 4. The maximum Gasteiger partial charge on any atom is 0.130 e. The molecular formula is C32H33Cl2N5O2. The first-order chi connectivity index (χ1) is 19.8. The highest BCUT2D eigenvalue weighted by Gasteiger charge is 2.09. The largest absolute Gasteiger partial charge is 0.492 e. The van der Waals surface area contributed by atoms with Crippen molar-refractivity contribution in [1.29, 1.82) is 0 Å². The molecule has 2 aromatic heterocycles. The fourth-order valence-electron chi connectivity index (χ4n) is 4.49. The minimum Gasteiger partial charge on any atom is -0.492 e. The summed E-state index contributed by atoms with van der Waals surface area (Å²) in [6.45, 7) is 3.04. The molecule has 0 spiro atoms. The van der Waals surface area contributed by atoms with Gasteiger partial charge >= 0.3 is 0 Å². The number of ether oxygens (including phenoxy) is 2. The van der Waals surface area contributed by atoms with Gasteiger partial charge in [0.2, 0.25) is 0 Å². The van der Waals surface area contributed by atoms with E-state index in [1.165, 1.54) is 11.1 Å². The summed E-state index contributed by atoms with van der Waals surface area (Å²) in [6.07, 6.45) is 3.70. The van der Waals surface area contributed by atoms with Crippen LogP contribution < -0.4 is 15.2 Å². The Kier molecular flexibility index (Phi) is 11.0. The number of alkyl halides is 1. The summed E-state index contributed by atoms with van der Waals surface area (Å²) >= 11 is 5.67. The van der Waals surface area contributed by atoms with Crippen LogP contribution in [0, 0.1) is 0 Å². The van der Waals surface area contributed by atoms with E-state index in [2.05, 4.69) is 46.6 Å². The minimum absolute atomic E-state index is 0. The van der Waals surface area contributed by atoms with E-state index in [0.29, 0.717) is 25.6 Å². The van der Waals surface area contributed by atoms with Crippen LogP contribution in [0.1, 0.15) is 11.1 Å². The van der Waals surface area contributed by atoms with Crippen LogP contribution in [0.2, 0.25) is 0 Å². The molecule has 2 heterocycles. The fraction of sp³-hybridized carbons (Fsp3) is 0.188. The van der Waals surface area contributed by atoms with Crippen molar-refractivity contribution in [2.24, 2.45) is 5.73 Å². The zero-order chi connectivity index (χ0) is 27.6. The molecule has 2 N–H and O–H groups in total. The predicted molar refractivity (Wildman–Crippen MR) is 169 cm³/mol. The highest BCUT2D eigenvalue weighted by atomic mass is 35.5. The molecule has 0 aliphatic heterocycles. The zero-order valence-electron chi connectivity index (χ0n) is 22.6. The van der Waals surface area contributed by atoms with E-state index in [9.17, 15) is 0 Å². The van der Waals surface area contributed by atoms with Crippen molar-refractivity contribution in [3.63, 3.8) is 0 Å². The average molecular weight is 591 g/mol. The fourth-order valence-corrected chi connectivity index (χ4v) is 4.56. The lowest BCUT2D eigenvalue weighted by Gasteiger charge is -2.07. The molecule has 7 nitrogen and oxygen atoms in total. The molecule has 9 heteroatoms. The Balaban J connectivity index is 0.000000184. The van der Waals surface area contributed by atoms with Gasteiger partial charge in [0, 0.05) is 6.54 Å². The van der Waals surface area contributed by atoms with E-state index in [0.717, 1.165) is 46.4 Å². The molecular weight excluding hydrogens is 557 g/mol. The van der Waals surface area contributed by atoms with Crippen molar-refractivity contribution in [2.75, 3.05) is 25.6 Å². The van der Waals surface area contributed by atoms with Gasteiger partial charge in [0.05, 0.1) is 53.2 Å². The van der Waals surface area contributed by atoms with Gasteiger partial charge in [-0.1, -0.05) is 72.8 Å². The van der Waals surface area contributed by atoms with Crippen LogP contribution in [0.4, 0.5) is 0 Å². The normalized spacial score (nSPS) is 10.6. The molecule has 212 valence electrons. The molecule has 0 bridgehead atoms. The first-order valence-electron chi connectivity index (χ1n) is 13.3. The van der Waals surface area contributed by atoms with E-state index in [1.807, 2.05) is 82.4 Å². The molecule has 41 heavy (non-hydrogen) atoms. The lowest BCUT2D eigenvalue weighted by Crippen LogP contribution is -2.10. The molecule has 0 unspecified atom stereocenters. The number of nitrogens with two attached hydrogens (primary N) is 1. The third kappa shape index (κ3) is 7.58. The summed E-state index contributed by atoms with van der Waals surface area (Å²) in [5, 5.41) is 11.0. The number of rotatable bonds is 10. The summed E-state index contributed by atoms with van der Waals surface area (Å²) < 4.78 is 15.3. The standard InChI is InChI=1S/C16H15ClN2O.C16H17N3O.ClH/c2*17-9-10-20-16-8-4-7-15-14(16)11-18-19(15)12-13-5-2-1-3-6-13;/h1-8,11H,9-10,12H2;1-8,11H,9-10,12,17H2;1H. The summed E-state index contributed by atoms with van der Waals surface area (Å²) in [7, 11) is 0. The molecule has 6 aromatic rings. The van der Waals surface area contributed by atoms with Crippen LogP contribution in [-0.4, -0.2) is 45.2 Å². The van der Waals surface area contributed by atoms with E-state index in [1.54, 1.807) is 0 Å². The average Bonchev–Trinajstić information content (AvgIpc) is 3.61. The van der Waals surface area contributed by atoms with Gasteiger partial charge in [-0.3, -0.25) is 9.36 Å². The molecule has 0 fully saturated rings. The summed E-state index contributed by atoms with van der Waals surface area (Å²) in [5.74, 6) is 2.16. The van der Waals surface area contributed by atoms with E-state index in [4.69, 9.17) is 26.8 Å². The van der Waals surface area contributed by atoms with Gasteiger partial charge in [-0.2, -0.15) is 10.2 Å². The first-order valence-corrected chi connectivity index (χ1v) is 13.8. The summed E-state index contributed by atoms with van der Waals surface area (Å²) in [4.78, 5) is 0. The maximum atomic E-state index is 5.67. The first kappa shape index (κ1) is 29.9. The molecule has 0 aliphatic carbocycles. The van der Waals surface area contributed by atoms with E-state index in [-0.39, 0.29) is 12.4 Å². The van der Waals surface area contributed by atoms with Gasteiger partial charge in [0.15, 0.2) is 0 Å². The van der Waals surface area contributed by atoms with Gasteiger partial charge in [-0.15, -0.1) is 24.0 Å². The monoisotopic (exact) mass is 589 g/mol. The quantitative estimate of drug-likeness (QED) is 0.183. The number of nitrogens with zero attached hydrogens (tertiary/aromatic N) is 4. The molecule has 0 aliphatic rings. The van der Waals surface area contributed by atoms with E-state index >= 15 is 0 Å². The van der Waals surface area contributed by atoms with Crippen LogP contribution in [0.25, 0.3) is 21.8 Å². The van der Waals surface area contributed by atoms with Gasteiger partial charge in [0.25, 0.3) is 0 Å². The number of hydrogen-bond donors (Lipinski definition) is 1. The molecule has 0 saturated heterocycles. The van der Waals surface area contributed by atoms with Crippen LogP contribution in [-0.2, 0) is 13.1 Å². The van der Waals surface area contributed by atoms with Crippen LogP contribution in [0.5, 0.6) is 11.5 Å². The Morgan fingerprint density at radius 2 is 1.07 bits per heavy atom. The van der Waals surface area contributed by atoms with Gasteiger partial charge in [0.1, 0.15) is 24.7 Å². The summed E-state index contributed by atoms with van der Waals surface area (Å²) in [6, 6.07) is 32.6. The zero-order valence-corrected chi connectivity index (χ0v) is 24.2. The third-order valence-corrected chi connectivity index (χ3v) is 6.51. The van der Waals surface area contributed by atoms with Crippen molar-refractivity contribution in [3.05, 3.63) is 121 Å². The third-order valence-electron chi connectivity index (χ3n) is 6.36. The topological polar surface area (TPSA) is 80.1 Å². The van der Waals surface area contributed by atoms with Crippen LogP contribution in [0.3, 0.4) is 0 Å². The second kappa shape index (κ2) is 15.1. The minimum atomic E-state index is 0. The van der Waals surface area contributed by atoms with Gasteiger partial charge in [-0.05, 0) is 35.4 Å². The second-order valence-electron chi connectivity index (χ2n) is 9.13. The lowest BCUT2D eigenvalue weighted by atomic mass is 10.2. The highest BCUT2D eigenvalue weighted by molar-refractivity contribution is 6.18. The number of aromatic nitrogens is 4. The Morgan fingerprint density at radius 3 is 1.51 bits per heavy atom. The van der Waals surface area contributed by atoms with E-state index < -0.39 is 0 Å². The molecule has 0 amide bonds. The molecule has 0 saturated carbocycles. The number of fused-ring (bicyclic) bond motifs is 2. The number of hydrogen-bond acceptors (Lipinski definition) is 5. The summed E-state index contributed by atoms with van der Waals surface area (Å²) in [5.41, 5.74) is 10.1. The van der Waals surface area contributed by atoms with Crippen molar-refractivity contribution < 1.29 is 9.47 Å². The maximum absolute atomic E-state index is 5.67. The molecule has 0 atom stereocenters. The Hall–Kier alpha value is -4.04. The molecule has 6 rings (SSSR count). The second-order valence-corrected chi connectivity index (χ2v) is 9.51. The lowest BCUT2D eigenvalue weighted by molar-refractivity contribution is 0.332. The molecule has 4 aromatic carbocycles. The van der Waals surface area contributed by atoms with Crippen molar-refractivity contribution in [3.8, 4) is 11.5 Å². The van der Waals surface area contributed by atoms with Gasteiger partial charge in [-0.25, -0.2) is 0 Å². The Labute approximate surface area is 250 Å². The molecule has 0 radical (unpaired) electrons. The Bertz CT molecular complexity index is 1510. The van der Waals surface area contributed by atoms with Crippen molar-refractivity contribution in [1.82, 2.24) is 19.6 Å². The Morgan fingerprint density at radius 1 is 0.610 bits per heavy atom.